The lowest BCUT2D eigenvalue weighted by Gasteiger charge is -2.07. The second-order valence-electron chi connectivity index (χ2n) is 4.77. The van der Waals surface area contributed by atoms with Crippen LogP contribution in [-0.2, 0) is 19.7 Å². The van der Waals surface area contributed by atoms with Gasteiger partial charge in [-0.3, -0.25) is 18.9 Å². The summed E-state index contributed by atoms with van der Waals surface area (Å²) in [5, 5.41) is 8.94. The summed E-state index contributed by atoms with van der Waals surface area (Å²) >= 11 is 0. The van der Waals surface area contributed by atoms with Crippen LogP contribution in [0.1, 0.15) is 23.7 Å². The van der Waals surface area contributed by atoms with Crippen LogP contribution in [0.3, 0.4) is 0 Å². The maximum atomic E-state index is 11.3. The molecule has 0 unspecified atom stereocenters. The van der Waals surface area contributed by atoms with E-state index in [-0.39, 0.29) is 17.8 Å². The second-order valence-corrected chi connectivity index (χ2v) is 6.16. The summed E-state index contributed by atoms with van der Waals surface area (Å²) < 4.78 is 31.3. The molecule has 24 heavy (non-hydrogen) atoms. The fourth-order valence-corrected chi connectivity index (χ4v) is 2.64. The van der Waals surface area contributed by atoms with E-state index in [0.717, 1.165) is 6.07 Å². The first-order chi connectivity index (χ1) is 11.0. The summed E-state index contributed by atoms with van der Waals surface area (Å²) in [5.41, 5.74) is 4.97. The number of nitrogens with two attached hydrogens (primary N) is 1. The molecule has 2 aromatic carbocycles. The van der Waals surface area contributed by atoms with Crippen molar-refractivity contribution < 1.29 is 32.5 Å². The minimum atomic E-state index is -4.47. The van der Waals surface area contributed by atoms with Gasteiger partial charge in [0.25, 0.3) is 16.0 Å². The quantitative estimate of drug-likeness (QED) is 0.552. The molecule has 2 rings (SSSR count). The van der Waals surface area contributed by atoms with Gasteiger partial charge in [-0.25, -0.2) is 0 Å². The molecule has 0 heterocycles. The zero-order chi connectivity index (χ0) is 18.5. The molecule has 0 bridgehead atoms. The number of carbonyl (C=O) groups excluding carboxylic acids is 2. The Labute approximate surface area is 137 Å². The number of benzene rings is 2. The summed E-state index contributed by atoms with van der Waals surface area (Å²) in [5.74, 6) is -2.27. The van der Waals surface area contributed by atoms with Gasteiger partial charge in [0, 0.05) is 0 Å². The fourth-order valence-electron chi connectivity index (χ4n) is 1.93. The molecule has 0 aliphatic carbocycles. The Morgan fingerprint density at radius 2 is 1.67 bits per heavy atom. The molecule has 0 spiro atoms. The van der Waals surface area contributed by atoms with E-state index in [1.54, 1.807) is 24.3 Å². The smallest absolute Gasteiger partial charge is 0.310 e. The summed E-state index contributed by atoms with van der Waals surface area (Å²) in [4.78, 5) is 30.3. The number of hydrogen-bond acceptors (Lipinski definition) is 5. The number of aliphatic carboxylic acids is 1. The molecule has 128 valence electrons. The summed E-state index contributed by atoms with van der Waals surface area (Å²) in [6.07, 6.45) is -0.361. The van der Waals surface area contributed by atoms with Crippen molar-refractivity contribution in [3.63, 3.8) is 0 Å². The third kappa shape index (κ3) is 5.14. The molecule has 0 radical (unpaired) electrons. The number of carbonyl (C=O) groups is 3. The number of carboxylic acids is 1. The maximum Gasteiger partial charge on any atom is 0.310 e. The van der Waals surface area contributed by atoms with E-state index in [1.807, 2.05) is 0 Å². The van der Waals surface area contributed by atoms with E-state index in [2.05, 4.69) is 0 Å². The predicted octanol–water partition coefficient (Wildman–Crippen LogP) is 1.24. The molecule has 0 atom stereocenters. The van der Waals surface area contributed by atoms with Gasteiger partial charge in [-0.15, -0.1) is 0 Å². The molecular formula is C15H15NO7S. The highest BCUT2D eigenvalue weighted by atomic mass is 32.2. The lowest BCUT2D eigenvalue weighted by atomic mass is 10.0. The molecule has 2 aromatic rings. The molecule has 0 saturated carbocycles. The lowest BCUT2D eigenvalue weighted by molar-refractivity contribution is -0.139. The second kappa shape index (κ2) is 7.66. The number of ketones is 1. The number of hydrogen-bond donors (Lipinski definition) is 3. The molecule has 8 nitrogen and oxygen atoms in total. The minimum absolute atomic E-state index is 0.189. The number of amides is 1. The SMILES string of the molecule is CC(=O)CC(=O)O.NC(=O)c1c(S(=O)(=O)O)ccc2ccccc12. The first-order valence-corrected chi connectivity index (χ1v) is 7.98. The molecule has 0 saturated heterocycles. The van der Waals surface area contributed by atoms with Gasteiger partial charge in [0.15, 0.2) is 0 Å². The van der Waals surface area contributed by atoms with Crippen LogP contribution in [0.15, 0.2) is 41.3 Å². The minimum Gasteiger partial charge on any atom is -0.481 e. The Kier molecular flexibility index (Phi) is 6.15. The lowest BCUT2D eigenvalue weighted by Crippen LogP contribution is -2.16. The summed E-state index contributed by atoms with van der Waals surface area (Å²) in [6, 6.07) is 9.37. The maximum absolute atomic E-state index is 11.3. The highest BCUT2D eigenvalue weighted by Crippen LogP contribution is 2.25. The van der Waals surface area contributed by atoms with Crippen molar-refractivity contribution in [2.75, 3.05) is 0 Å². The molecule has 0 fully saturated rings. The van der Waals surface area contributed by atoms with Crippen LogP contribution in [0, 0.1) is 0 Å². The number of rotatable bonds is 4. The Hall–Kier alpha value is -2.78. The van der Waals surface area contributed by atoms with Crippen LogP contribution in [0.2, 0.25) is 0 Å². The number of carboxylic acid groups (broad SMARTS) is 1. The third-order valence-corrected chi connectivity index (χ3v) is 3.71. The number of fused-ring (bicyclic) bond motifs is 1. The molecule has 0 aliphatic heterocycles. The number of Topliss-reactive ketones (excluding diaryl/α,β-unsaturated/α-hetero) is 1. The van der Waals surface area contributed by atoms with Gasteiger partial charge in [0.2, 0.25) is 0 Å². The van der Waals surface area contributed by atoms with Crippen molar-refractivity contribution in [1.82, 2.24) is 0 Å². The normalized spacial score (nSPS) is 10.6. The van der Waals surface area contributed by atoms with Gasteiger partial charge in [-0.05, 0) is 23.8 Å². The van der Waals surface area contributed by atoms with Crippen LogP contribution in [-0.4, -0.2) is 35.7 Å². The van der Waals surface area contributed by atoms with E-state index in [1.165, 1.54) is 13.0 Å². The van der Waals surface area contributed by atoms with Crippen molar-refractivity contribution in [2.24, 2.45) is 5.73 Å². The first-order valence-electron chi connectivity index (χ1n) is 6.54. The predicted molar refractivity (Wildman–Crippen MR) is 85.2 cm³/mol. The Morgan fingerprint density at radius 1 is 1.08 bits per heavy atom. The number of primary amides is 1. The van der Waals surface area contributed by atoms with E-state index in [9.17, 15) is 22.8 Å². The molecule has 0 aromatic heterocycles. The molecule has 0 aliphatic rings. The molecule has 1 amide bonds. The van der Waals surface area contributed by atoms with Gasteiger partial charge >= 0.3 is 5.97 Å². The largest absolute Gasteiger partial charge is 0.481 e. The molecule has 4 N–H and O–H groups in total. The van der Waals surface area contributed by atoms with Crippen molar-refractivity contribution in [1.29, 1.82) is 0 Å². The molecule has 9 heteroatoms. The average molecular weight is 353 g/mol. The zero-order valence-electron chi connectivity index (χ0n) is 12.6. The summed E-state index contributed by atoms with van der Waals surface area (Å²) in [6.45, 7) is 1.24. The van der Waals surface area contributed by atoms with Crippen molar-refractivity contribution >= 4 is 38.6 Å². The van der Waals surface area contributed by atoms with Crippen molar-refractivity contribution in [3.05, 3.63) is 42.0 Å². The van der Waals surface area contributed by atoms with Crippen molar-refractivity contribution in [3.8, 4) is 0 Å². The third-order valence-electron chi connectivity index (χ3n) is 2.82. The van der Waals surface area contributed by atoms with Crippen LogP contribution < -0.4 is 5.73 Å². The highest BCUT2D eigenvalue weighted by Gasteiger charge is 2.21. The average Bonchev–Trinajstić information content (AvgIpc) is 2.44. The van der Waals surface area contributed by atoms with Crippen molar-refractivity contribution in [2.45, 2.75) is 18.2 Å². The fraction of sp³-hybridized carbons (Fsp3) is 0.133. The van der Waals surface area contributed by atoms with Crippen LogP contribution in [0.25, 0.3) is 10.8 Å². The summed E-state index contributed by atoms with van der Waals surface area (Å²) in [7, 11) is -4.47. The van der Waals surface area contributed by atoms with Gasteiger partial charge < -0.3 is 10.8 Å². The topological polar surface area (TPSA) is 152 Å². The van der Waals surface area contributed by atoms with E-state index in [4.69, 9.17) is 15.4 Å². The highest BCUT2D eigenvalue weighted by molar-refractivity contribution is 7.86. The van der Waals surface area contributed by atoms with Gasteiger partial charge in [0.05, 0.1) is 5.56 Å². The van der Waals surface area contributed by atoms with E-state index in [0.29, 0.717) is 10.8 Å². The van der Waals surface area contributed by atoms with Crippen LogP contribution in [0.5, 0.6) is 0 Å². The van der Waals surface area contributed by atoms with E-state index < -0.39 is 26.9 Å². The molecular weight excluding hydrogens is 338 g/mol. The monoisotopic (exact) mass is 353 g/mol. The van der Waals surface area contributed by atoms with Gasteiger partial charge in [0.1, 0.15) is 17.1 Å². The van der Waals surface area contributed by atoms with Gasteiger partial charge in [-0.2, -0.15) is 8.42 Å². The Morgan fingerprint density at radius 3 is 2.08 bits per heavy atom. The van der Waals surface area contributed by atoms with E-state index >= 15 is 0 Å². The van der Waals surface area contributed by atoms with Crippen LogP contribution >= 0.6 is 0 Å². The zero-order valence-corrected chi connectivity index (χ0v) is 13.4. The Balaban J connectivity index is 0.000000351. The Bertz CT molecular complexity index is 891. The van der Waals surface area contributed by atoms with Gasteiger partial charge in [-0.1, -0.05) is 30.3 Å². The standard InChI is InChI=1S/C11H9NO4S.C4H6O3/c12-11(13)10-8-4-2-1-3-7(8)5-6-9(10)17(14,15)16;1-3(5)2-4(6)7/h1-6H,(H2,12,13)(H,14,15,16);2H2,1H3,(H,6,7). The van der Waals surface area contributed by atoms with Crippen LogP contribution in [0.4, 0.5) is 0 Å². The first kappa shape index (κ1) is 19.3.